The molecule has 11 nitrogen and oxygen atoms in total. The smallest absolute Gasteiger partial charge is 0.408 e. The number of rotatable bonds is 6. The number of ether oxygens (including phenoxy) is 2. The van der Waals surface area contributed by atoms with E-state index >= 15 is 0 Å². The fourth-order valence-corrected chi connectivity index (χ4v) is 5.84. The number of carbonyl (C=O) groups is 2. The van der Waals surface area contributed by atoms with Gasteiger partial charge in [0.15, 0.2) is 9.84 Å². The van der Waals surface area contributed by atoms with Gasteiger partial charge in [0.1, 0.15) is 24.0 Å². The van der Waals surface area contributed by atoms with E-state index < -0.39 is 44.6 Å². The van der Waals surface area contributed by atoms with Gasteiger partial charge >= 0.3 is 6.09 Å². The molecule has 0 fully saturated rings. The molecule has 0 unspecified atom stereocenters. The van der Waals surface area contributed by atoms with Gasteiger partial charge in [-0.3, -0.25) is 4.79 Å². The molecule has 228 valence electrons. The minimum atomic E-state index is -4.04. The van der Waals surface area contributed by atoms with Gasteiger partial charge < -0.3 is 24.1 Å². The molecule has 2 heterocycles. The van der Waals surface area contributed by atoms with Crippen LogP contribution >= 0.6 is 0 Å². The summed E-state index contributed by atoms with van der Waals surface area (Å²) in [6, 6.07) is 10.2. The number of sulfone groups is 1. The van der Waals surface area contributed by atoms with E-state index in [0.717, 1.165) is 0 Å². The summed E-state index contributed by atoms with van der Waals surface area (Å²) in [5, 5.41) is 10.8. The van der Waals surface area contributed by atoms with E-state index in [4.69, 9.17) is 13.9 Å². The van der Waals surface area contributed by atoms with Crippen molar-refractivity contribution in [2.24, 2.45) is 0 Å². The van der Waals surface area contributed by atoms with Crippen molar-refractivity contribution in [1.29, 1.82) is 0 Å². The van der Waals surface area contributed by atoms with Gasteiger partial charge in [0.2, 0.25) is 11.8 Å². The Kier molecular flexibility index (Phi) is 8.87. The van der Waals surface area contributed by atoms with Crippen molar-refractivity contribution in [2.45, 2.75) is 77.0 Å². The normalized spacial score (nSPS) is 16.4. The molecule has 0 saturated heterocycles. The van der Waals surface area contributed by atoms with Crippen LogP contribution < -0.4 is 15.0 Å². The van der Waals surface area contributed by atoms with Crippen molar-refractivity contribution in [3.63, 3.8) is 0 Å². The van der Waals surface area contributed by atoms with Crippen molar-refractivity contribution >= 4 is 27.5 Å². The third-order valence-electron chi connectivity index (χ3n) is 6.29. The molecule has 2 aromatic carbocycles. The molecule has 0 spiro atoms. The number of hydrogen-bond acceptors (Lipinski definition) is 9. The summed E-state index contributed by atoms with van der Waals surface area (Å²) in [5.41, 5.74) is 0.0133. The second-order valence-corrected chi connectivity index (χ2v) is 14.1. The predicted octanol–water partition coefficient (Wildman–Crippen LogP) is 4.65. The maximum Gasteiger partial charge on any atom is 0.408 e. The van der Waals surface area contributed by atoms with Crippen LogP contribution in [0, 0.1) is 11.8 Å². The molecule has 0 radical (unpaired) electrons. The molecule has 2 amide bonds. The Hall–Kier alpha value is -4.37. The molecule has 4 rings (SSSR count). The molecule has 0 aliphatic carbocycles. The summed E-state index contributed by atoms with van der Waals surface area (Å²) < 4.78 is 44.0. The van der Waals surface area contributed by atoms with Crippen molar-refractivity contribution in [3.8, 4) is 29.0 Å². The summed E-state index contributed by atoms with van der Waals surface area (Å²) in [5.74, 6) is 5.51. The maximum atomic E-state index is 14.0. The van der Waals surface area contributed by atoms with Crippen LogP contribution in [0.5, 0.6) is 5.75 Å². The van der Waals surface area contributed by atoms with Crippen LogP contribution in [0.2, 0.25) is 0 Å². The number of amides is 2. The Labute approximate surface area is 251 Å². The van der Waals surface area contributed by atoms with E-state index in [0.29, 0.717) is 22.8 Å². The standard InChI is InChI=1S/C31H36N4O7S/c1-8-9-16-40-22-13-10-20(11-14-22)18-35-24-17-21(26-33-34-28(41-26)30(2,3)4)12-15-25(24)43(38,39)19-23(27(35)36)32-29(37)42-31(5,6)7/h10-15,17,23H,16,18-19H2,1-7H3,(H,32,37)/t23-/m0/s1. The number of carbonyl (C=O) groups excluding carboxylic acids is 2. The van der Waals surface area contributed by atoms with Crippen molar-refractivity contribution in [3.05, 3.63) is 53.9 Å². The van der Waals surface area contributed by atoms with Gasteiger partial charge in [0.05, 0.1) is 22.9 Å². The highest BCUT2D eigenvalue weighted by Crippen LogP contribution is 2.36. The first-order chi connectivity index (χ1) is 20.1. The van der Waals surface area contributed by atoms with Crippen LogP contribution in [0.1, 0.15) is 59.9 Å². The monoisotopic (exact) mass is 608 g/mol. The molecule has 1 aliphatic rings. The van der Waals surface area contributed by atoms with Gasteiger partial charge in [0.25, 0.3) is 5.91 Å². The molecule has 1 aromatic heterocycles. The lowest BCUT2D eigenvalue weighted by molar-refractivity contribution is -0.120. The fraction of sp³-hybridized carbons (Fsp3) is 0.419. The molecular weight excluding hydrogens is 572 g/mol. The highest BCUT2D eigenvalue weighted by molar-refractivity contribution is 7.91. The van der Waals surface area contributed by atoms with Crippen LogP contribution in [0.15, 0.2) is 51.8 Å². The lowest BCUT2D eigenvalue weighted by atomic mass is 9.97. The Morgan fingerprint density at radius 2 is 1.79 bits per heavy atom. The Morgan fingerprint density at radius 3 is 2.40 bits per heavy atom. The largest absolute Gasteiger partial charge is 0.481 e. The molecule has 0 saturated carbocycles. The number of benzene rings is 2. The summed E-state index contributed by atoms with van der Waals surface area (Å²) in [4.78, 5) is 28.0. The Bertz CT molecular complexity index is 1670. The zero-order chi connectivity index (χ0) is 31.6. The number of fused-ring (bicyclic) bond motifs is 1. The van der Waals surface area contributed by atoms with Crippen LogP contribution in [0.4, 0.5) is 10.5 Å². The lowest BCUT2D eigenvalue weighted by Gasteiger charge is -2.27. The van der Waals surface area contributed by atoms with E-state index in [-0.39, 0.29) is 29.6 Å². The molecule has 12 heteroatoms. The van der Waals surface area contributed by atoms with Gasteiger partial charge in [-0.25, -0.2) is 13.2 Å². The average Bonchev–Trinajstić information content (AvgIpc) is 3.40. The van der Waals surface area contributed by atoms with E-state index in [1.54, 1.807) is 64.1 Å². The van der Waals surface area contributed by atoms with Gasteiger partial charge in [-0.15, -0.1) is 16.1 Å². The third-order valence-corrected chi connectivity index (χ3v) is 8.08. The molecule has 43 heavy (non-hydrogen) atoms. The molecule has 1 atom stereocenters. The van der Waals surface area contributed by atoms with Gasteiger partial charge in [0, 0.05) is 11.0 Å². The van der Waals surface area contributed by atoms with Gasteiger partial charge in [-0.05, 0) is 63.6 Å². The van der Waals surface area contributed by atoms with E-state index in [9.17, 15) is 18.0 Å². The van der Waals surface area contributed by atoms with Crippen molar-refractivity contribution < 1.29 is 31.9 Å². The second kappa shape index (κ2) is 12.1. The zero-order valence-electron chi connectivity index (χ0n) is 25.3. The number of nitrogens with one attached hydrogen (secondary N) is 1. The summed E-state index contributed by atoms with van der Waals surface area (Å²) >= 11 is 0. The first kappa shape index (κ1) is 31.6. The van der Waals surface area contributed by atoms with E-state index in [1.165, 1.54) is 11.0 Å². The average molecular weight is 609 g/mol. The zero-order valence-corrected chi connectivity index (χ0v) is 26.2. The number of alkyl carbamates (subject to hydrolysis) is 1. The SMILES string of the molecule is CC#CCOc1ccc(CN2C(=O)[C@@H](NC(=O)OC(C)(C)C)CS(=O)(=O)c3ccc(-c4nnc(C(C)(C)C)o4)cc32)cc1. The quantitative estimate of drug-likeness (QED) is 0.396. The van der Waals surface area contributed by atoms with Crippen LogP contribution in [0.3, 0.4) is 0 Å². The number of aromatic nitrogens is 2. The molecule has 1 aliphatic heterocycles. The summed E-state index contributed by atoms with van der Waals surface area (Å²) in [6.07, 6.45) is -0.898. The first-order valence-corrected chi connectivity index (χ1v) is 15.4. The maximum absolute atomic E-state index is 14.0. The molecule has 3 aromatic rings. The minimum Gasteiger partial charge on any atom is -0.481 e. The molecular formula is C31H36N4O7S. The van der Waals surface area contributed by atoms with E-state index in [1.807, 2.05) is 20.8 Å². The number of anilines is 1. The molecule has 0 bridgehead atoms. The van der Waals surface area contributed by atoms with Crippen LogP contribution in [-0.4, -0.2) is 54.6 Å². The van der Waals surface area contributed by atoms with Gasteiger partial charge in [-0.1, -0.05) is 38.8 Å². The lowest BCUT2D eigenvalue weighted by Crippen LogP contribution is -2.51. The van der Waals surface area contributed by atoms with E-state index in [2.05, 4.69) is 27.4 Å². The predicted molar refractivity (Wildman–Crippen MR) is 160 cm³/mol. The van der Waals surface area contributed by atoms with Gasteiger partial charge in [-0.2, -0.15) is 0 Å². The van der Waals surface area contributed by atoms with Crippen molar-refractivity contribution in [2.75, 3.05) is 17.3 Å². The minimum absolute atomic E-state index is 0.00340. The molecule has 1 N–H and O–H groups in total. The fourth-order valence-electron chi connectivity index (χ4n) is 4.24. The Morgan fingerprint density at radius 1 is 1.09 bits per heavy atom. The summed E-state index contributed by atoms with van der Waals surface area (Å²) in [7, 11) is -4.04. The summed E-state index contributed by atoms with van der Waals surface area (Å²) in [6.45, 7) is 12.8. The number of nitrogens with zero attached hydrogens (tertiary/aromatic N) is 3. The number of hydrogen-bond donors (Lipinski definition) is 1. The first-order valence-electron chi connectivity index (χ1n) is 13.7. The topological polar surface area (TPSA) is 141 Å². The van der Waals surface area contributed by atoms with Crippen molar-refractivity contribution in [1.82, 2.24) is 15.5 Å². The van der Waals surface area contributed by atoms with Crippen LogP contribution in [0.25, 0.3) is 11.5 Å². The highest BCUT2D eigenvalue weighted by Gasteiger charge is 2.40. The Balaban J connectivity index is 1.77. The third kappa shape index (κ3) is 7.73. The highest BCUT2D eigenvalue weighted by atomic mass is 32.2. The second-order valence-electron chi connectivity index (χ2n) is 12.1. The van der Waals surface area contributed by atoms with Crippen LogP contribution in [-0.2, 0) is 31.3 Å².